The van der Waals surface area contributed by atoms with E-state index >= 15 is 0 Å². The first-order chi connectivity index (χ1) is 5.56. The quantitative estimate of drug-likeness (QED) is 0.578. The molecular formula is C8H13NO3. The molecule has 0 radical (unpaired) electrons. The largest absolute Gasteiger partial charge is 0.438 e. The summed E-state index contributed by atoms with van der Waals surface area (Å²) in [7, 11) is 0. The van der Waals surface area contributed by atoms with Crippen molar-refractivity contribution in [2.75, 3.05) is 19.8 Å². The van der Waals surface area contributed by atoms with Gasteiger partial charge in [0.15, 0.2) is 5.60 Å². The molecule has 2 fully saturated rings. The highest BCUT2D eigenvalue weighted by Gasteiger charge is 2.56. The Labute approximate surface area is 71.2 Å². The third-order valence-corrected chi connectivity index (χ3v) is 2.84. The number of alkyl carbamates (subject to hydrolysis) is 1. The number of carbonyl (C=O) groups excluding carboxylic acids is 1. The van der Waals surface area contributed by atoms with Crippen molar-refractivity contribution in [3.8, 4) is 0 Å². The molecule has 1 spiro atoms. The van der Waals surface area contributed by atoms with Gasteiger partial charge in [-0.1, -0.05) is 13.8 Å². The maximum absolute atomic E-state index is 10.9. The summed E-state index contributed by atoms with van der Waals surface area (Å²) in [5.74, 6) is 0. The Hall–Kier alpha value is -0.770. The highest BCUT2D eigenvalue weighted by molar-refractivity contribution is 5.70. The van der Waals surface area contributed by atoms with Crippen molar-refractivity contribution in [3.05, 3.63) is 0 Å². The lowest BCUT2D eigenvalue weighted by Crippen LogP contribution is -2.46. The van der Waals surface area contributed by atoms with Crippen molar-refractivity contribution in [2.24, 2.45) is 5.41 Å². The van der Waals surface area contributed by atoms with Gasteiger partial charge in [-0.3, -0.25) is 0 Å². The molecule has 4 heteroatoms. The van der Waals surface area contributed by atoms with Crippen LogP contribution >= 0.6 is 0 Å². The van der Waals surface area contributed by atoms with Gasteiger partial charge in [-0.25, -0.2) is 4.79 Å². The van der Waals surface area contributed by atoms with E-state index in [2.05, 4.69) is 19.2 Å². The molecule has 68 valence electrons. The number of amides is 1. The monoisotopic (exact) mass is 171 g/mol. The maximum Gasteiger partial charge on any atom is 0.408 e. The van der Waals surface area contributed by atoms with Crippen molar-refractivity contribution < 1.29 is 14.3 Å². The fourth-order valence-corrected chi connectivity index (χ4v) is 1.72. The van der Waals surface area contributed by atoms with Crippen LogP contribution < -0.4 is 5.32 Å². The molecule has 2 aliphatic rings. The van der Waals surface area contributed by atoms with Gasteiger partial charge >= 0.3 is 6.09 Å². The van der Waals surface area contributed by atoms with Crippen molar-refractivity contribution in [2.45, 2.75) is 19.4 Å². The van der Waals surface area contributed by atoms with Crippen LogP contribution in [0.5, 0.6) is 0 Å². The van der Waals surface area contributed by atoms with E-state index in [4.69, 9.17) is 9.47 Å². The van der Waals surface area contributed by atoms with Crippen LogP contribution in [0.4, 0.5) is 4.79 Å². The van der Waals surface area contributed by atoms with Gasteiger partial charge in [0, 0.05) is 5.41 Å². The number of hydrogen-bond donors (Lipinski definition) is 1. The van der Waals surface area contributed by atoms with Crippen LogP contribution in [0.3, 0.4) is 0 Å². The van der Waals surface area contributed by atoms with Crippen LogP contribution in [0.25, 0.3) is 0 Å². The van der Waals surface area contributed by atoms with Crippen LogP contribution in [0, 0.1) is 5.41 Å². The molecule has 1 unspecified atom stereocenters. The lowest BCUT2D eigenvalue weighted by atomic mass is 9.78. The Bertz CT molecular complexity index is 226. The van der Waals surface area contributed by atoms with Gasteiger partial charge in [0.1, 0.15) is 0 Å². The Kier molecular flexibility index (Phi) is 1.39. The fraction of sp³-hybridized carbons (Fsp3) is 0.875. The molecule has 2 rings (SSSR count). The zero-order valence-electron chi connectivity index (χ0n) is 7.35. The molecule has 0 aromatic carbocycles. The Balaban J connectivity index is 2.26. The second kappa shape index (κ2) is 2.13. The molecule has 1 N–H and O–H groups in total. The Morgan fingerprint density at radius 3 is 2.58 bits per heavy atom. The van der Waals surface area contributed by atoms with Crippen molar-refractivity contribution in [3.63, 3.8) is 0 Å². The standard InChI is InChI=1S/C8H13NO3/c1-7(2)4-11-5-8(7)3-9-6(10)12-8/h3-5H2,1-2H3,(H,9,10). The average Bonchev–Trinajstić information content (AvgIpc) is 2.43. The summed E-state index contributed by atoms with van der Waals surface area (Å²) in [6.45, 7) is 5.85. The number of rotatable bonds is 0. The average molecular weight is 171 g/mol. The second-order valence-electron chi connectivity index (χ2n) is 4.11. The van der Waals surface area contributed by atoms with Gasteiger partial charge in [0.25, 0.3) is 0 Å². The minimum atomic E-state index is -0.427. The van der Waals surface area contributed by atoms with Crippen LogP contribution in [0.1, 0.15) is 13.8 Å². The van der Waals surface area contributed by atoms with Crippen molar-refractivity contribution in [1.82, 2.24) is 5.32 Å². The summed E-state index contributed by atoms with van der Waals surface area (Å²) in [5, 5.41) is 2.67. The summed E-state index contributed by atoms with van der Waals surface area (Å²) >= 11 is 0. The first-order valence-corrected chi connectivity index (χ1v) is 4.10. The summed E-state index contributed by atoms with van der Waals surface area (Å²) in [4.78, 5) is 10.9. The van der Waals surface area contributed by atoms with Gasteiger partial charge in [0.2, 0.25) is 0 Å². The molecule has 1 amide bonds. The van der Waals surface area contributed by atoms with E-state index in [1.165, 1.54) is 0 Å². The number of carbonyl (C=O) groups is 1. The molecule has 0 aliphatic carbocycles. The zero-order valence-corrected chi connectivity index (χ0v) is 7.35. The number of ether oxygens (including phenoxy) is 2. The first kappa shape index (κ1) is 7.86. The molecule has 4 nitrogen and oxygen atoms in total. The van der Waals surface area contributed by atoms with E-state index < -0.39 is 5.60 Å². The topological polar surface area (TPSA) is 47.6 Å². The predicted molar refractivity (Wildman–Crippen MR) is 41.8 cm³/mol. The molecule has 2 aliphatic heterocycles. The summed E-state index contributed by atoms with van der Waals surface area (Å²) in [6, 6.07) is 0. The van der Waals surface area contributed by atoms with Gasteiger partial charge < -0.3 is 14.8 Å². The van der Waals surface area contributed by atoms with Crippen LogP contribution in [0.15, 0.2) is 0 Å². The SMILES string of the molecule is CC1(C)COCC12CNC(=O)O2. The fourth-order valence-electron chi connectivity index (χ4n) is 1.72. The molecule has 1 atom stereocenters. The molecule has 0 saturated carbocycles. The third kappa shape index (κ3) is 0.843. The van der Waals surface area contributed by atoms with Gasteiger partial charge in [0.05, 0.1) is 19.8 Å². The van der Waals surface area contributed by atoms with Gasteiger partial charge in [-0.05, 0) is 0 Å². The summed E-state index contributed by atoms with van der Waals surface area (Å²) < 4.78 is 10.6. The minimum absolute atomic E-state index is 0.0772. The number of hydrogen-bond acceptors (Lipinski definition) is 3. The predicted octanol–water partition coefficient (Wildman–Crippen LogP) is 0.521. The lowest BCUT2D eigenvalue weighted by Gasteiger charge is -2.32. The van der Waals surface area contributed by atoms with Crippen molar-refractivity contribution in [1.29, 1.82) is 0 Å². The van der Waals surface area contributed by atoms with E-state index in [0.29, 0.717) is 19.8 Å². The molecule has 12 heavy (non-hydrogen) atoms. The highest BCUT2D eigenvalue weighted by Crippen LogP contribution is 2.41. The van der Waals surface area contributed by atoms with Crippen LogP contribution in [-0.4, -0.2) is 31.5 Å². The third-order valence-electron chi connectivity index (χ3n) is 2.84. The van der Waals surface area contributed by atoms with E-state index in [9.17, 15) is 4.79 Å². The smallest absolute Gasteiger partial charge is 0.408 e. The maximum atomic E-state index is 10.9. The second-order valence-corrected chi connectivity index (χ2v) is 4.11. The molecule has 2 heterocycles. The number of nitrogens with one attached hydrogen (secondary N) is 1. The first-order valence-electron chi connectivity index (χ1n) is 4.10. The lowest BCUT2D eigenvalue weighted by molar-refractivity contribution is -0.00675. The van der Waals surface area contributed by atoms with Gasteiger partial charge in [-0.15, -0.1) is 0 Å². The zero-order chi connectivity index (χ0) is 8.82. The van der Waals surface area contributed by atoms with Crippen LogP contribution in [-0.2, 0) is 9.47 Å². The van der Waals surface area contributed by atoms with Crippen LogP contribution in [0.2, 0.25) is 0 Å². The summed E-state index contributed by atoms with van der Waals surface area (Å²) in [6.07, 6.45) is -0.325. The Morgan fingerprint density at radius 1 is 1.42 bits per heavy atom. The molecule has 0 aromatic rings. The van der Waals surface area contributed by atoms with E-state index in [-0.39, 0.29) is 11.5 Å². The van der Waals surface area contributed by atoms with Crippen molar-refractivity contribution >= 4 is 6.09 Å². The van der Waals surface area contributed by atoms with E-state index in [1.54, 1.807) is 0 Å². The molecule has 0 aromatic heterocycles. The molecule has 0 bridgehead atoms. The molecule has 2 saturated heterocycles. The van der Waals surface area contributed by atoms with E-state index in [1.807, 2.05) is 0 Å². The summed E-state index contributed by atoms with van der Waals surface area (Å²) in [5.41, 5.74) is -0.504. The molecular weight excluding hydrogens is 158 g/mol. The Morgan fingerprint density at radius 2 is 2.17 bits per heavy atom. The minimum Gasteiger partial charge on any atom is -0.438 e. The van der Waals surface area contributed by atoms with E-state index in [0.717, 1.165) is 0 Å². The normalized spacial score (nSPS) is 38.3. The van der Waals surface area contributed by atoms with Gasteiger partial charge in [-0.2, -0.15) is 0 Å². The highest BCUT2D eigenvalue weighted by atomic mass is 16.6.